The Morgan fingerprint density at radius 1 is 0.340 bits per heavy atom. The van der Waals surface area contributed by atoms with E-state index >= 15 is 0 Å². The largest absolute Gasteiger partial charge is 0.310 e. The molecule has 0 aliphatic carbocycles. The number of thiophene rings is 1. The molecule has 3 heterocycles. The van der Waals surface area contributed by atoms with Crippen molar-refractivity contribution >= 4 is 48.6 Å². The van der Waals surface area contributed by atoms with Crippen molar-refractivity contribution in [3.63, 3.8) is 0 Å². The van der Waals surface area contributed by atoms with Crippen molar-refractivity contribution in [3.8, 4) is 56.2 Å². The van der Waals surface area contributed by atoms with Gasteiger partial charge in [-0.05, 0) is 89.0 Å². The number of anilines is 3. The van der Waals surface area contributed by atoms with E-state index in [1.807, 2.05) is 17.4 Å². The summed E-state index contributed by atoms with van der Waals surface area (Å²) in [7, 11) is 0. The molecule has 0 atom stereocenters. The molecule has 3 nitrogen and oxygen atoms in total. The van der Waals surface area contributed by atoms with Crippen molar-refractivity contribution in [2.75, 3.05) is 4.90 Å². The lowest BCUT2D eigenvalue weighted by Gasteiger charge is -2.27. The lowest BCUT2D eigenvalue weighted by atomic mass is 9.98. The average molecular weight is 656 g/mol. The van der Waals surface area contributed by atoms with Crippen LogP contribution in [0.25, 0.3) is 76.3 Å². The van der Waals surface area contributed by atoms with E-state index in [0.717, 1.165) is 67.4 Å². The van der Waals surface area contributed by atoms with Gasteiger partial charge in [0.2, 0.25) is 0 Å². The van der Waals surface area contributed by atoms with Crippen LogP contribution in [0.2, 0.25) is 0 Å². The zero-order valence-corrected chi connectivity index (χ0v) is 27.8. The van der Waals surface area contributed by atoms with Crippen LogP contribution < -0.4 is 4.90 Å². The summed E-state index contributed by atoms with van der Waals surface area (Å²) in [6.07, 6.45) is 0. The predicted molar refractivity (Wildman–Crippen MR) is 210 cm³/mol. The second-order valence-electron chi connectivity index (χ2n) is 12.7. The molecule has 0 saturated carbocycles. The molecule has 7 aromatic carbocycles. The first-order valence-corrected chi connectivity index (χ1v) is 17.6. The summed E-state index contributed by atoms with van der Waals surface area (Å²) in [5.41, 5.74) is 12.7. The number of benzene rings is 7. The maximum atomic E-state index is 5.17. The molecule has 9 aromatic rings. The van der Waals surface area contributed by atoms with E-state index in [9.17, 15) is 0 Å². The Labute approximate surface area is 294 Å². The highest BCUT2D eigenvalue weighted by Crippen LogP contribution is 2.43. The third-order valence-corrected chi connectivity index (χ3v) is 10.7. The fraction of sp³-hybridized carbons (Fsp3) is 0. The molecule has 0 fully saturated rings. The number of hydrogen-bond donors (Lipinski definition) is 0. The average Bonchev–Trinajstić information content (AvgIpc) is 3.56. The molecule has 0 amide bonds. The molecular weight excluding hydrogens is 627 g/mol. The van der Waals surface area contributed by atoms with Crippen molar-refractivity contribution in [1.82, 2.24) is 9.97 Å². The summed E-state index contributed by atoms with van der Waals surface area (Å²) in [4.78, 5) is 12.7. The van der Waals surface area contributed by atoms with E-state index in [-0.39, 0.29) is 0 Å². The maximum Gasteiger partial charge on any atom is 0.160 e. The highest BCUT2D eigenvalue weighted by atomic mass is 32.1. The zero-order chi connectivity index (χ0) is 33.0. The number of hydrogen-bond acceptors (Lipinski definition) is 4. The molecular formula is C46H29N3S. The molecule has 10 bridgehead atoms. The molecule has 10 rings (SSSR count). The second kappa shape index (κ2) is 11.7. The van der Waals surface area contributed by atoms with Gasteiger partial charge in [0.05, 0.1) is 11.4 Å². The van der Waals surface area contributed by atoms with E-state index in [2.05, 4.69) is 175 Å². The summed E-state index contributed by atoms with van der Waals surface area (Å²) in [5.74, 6) is 0.705. The molecule has 0 N–H and O–H groups in total. The van der Waals surface area contributed by atoms with E-state index in [1.54, 1.807) is 0 Å². The predicted octanol–water partition coefficient (Wildman–Crippen LogP) is 13.0. The lowest BCUT2D eigenvalue weighted by Crippen LogP contribution is -2.10. The summed E-state index contributed by atoms with van der Waals surface area (Å²) in [5, 5.41) is 2.57. The van der Waals surface area contributed by atoms with Crippen LogP contribution in [0, 0.1) is 0 Å². The van der Waals surface area contributed by atoms with Crippen molar-refractivity contribution in [3.05, 3.63) is 176 Å². The molecule has 234 valence electrons. The number of rotatable bonds is 2. The van der Waals surface area contributed by atoms with Crippen LogP contribution in [0.3, 0.4) is 0 Å². The van der Waals surface area contributed by atoms with Crippen molar-refractivity contribution in [2.45, 2.75) is 0 Å². The summed E-state index contributed by atoms with van der Waals surface area (Å²) in [6, 6.07) is 63.1. The summed E-state index contributed by atoms with van der Waals surface area (Å²) < 4.78 is 2.60. The highest BCUT2D eigenvalue weighted by Gasteiger charge is 2.18. The lowest BCUT2D eigenvalue weighted by molar-refractivity contribution is 1.18. The van der Waals surface area contributed by atoms with Crippen molar-refractivity contribution < 1.29 is 0 Å². The summed E-state index contributed by atoms with van der Waals surface area (Å²) in [6.45, 7) is 0. The Morgan fingerprint density at radius 2 is 0.860 bits per heavy atom. The van der Waals surface area contributed by atoms with E-state index in [0.29, 0.717) is 5.82 Å². The minimum absolute atomic E-state index is 0.705. The quantitative estimate of drug-likeness (QED) is 0.186. The van der Waals surface area contributed by atoms with Crippen LogP contribution in [0.5, 0.6) is 0 Å². The molecule has 1 aliphatic heterocycles. The van der Waals surface area contributed by atoms with Gasteiger partial charge >= 0.3 is 0 Å². The third kappa shape index (κ3) is 4.97. The van der Waals surface area contributed by atoms with Gasteiger partial charge in [0, 0.05) is 53.9 Å². The molecule has 50 heavy (non-hydrogen) atoms. The number of fused-ring (bicyclic) bond motifs is 17. The van der Waals surface area contributed by atoms with Crippen molar-refractivity contribution in [2.24, 2.45) is 0 Å². The van der Waals surface area contributed by atoms with Crippen LogP contribution >= 0.6 is 11.3 Å². The third-order valence-electron chi connectivity index (χ3n) is 9.57. The summed E-state index contributed by atoms with van der Waals surface area (Å²) >= 11 is 1.85. The fourth-order valence-corrected chi connectivity index (χ4v) is 8.21. The Balaban J connectivity index is 1.23. The number of nitrogens with zero attached hydrogens (tertiary/aromatic N) is 3. The smallest absolute Gasteiger partial charge is 0.160 e. The van der Waals surface area contributed by atoms with Crippen LogP contribution in [0.15, 0.2) is 176 Å². The van der Waals surface area contributed by atoms with Crippen LogP contribution in [0.4, 0.5) is 17.1 Å². The highest BCUT2D eigenvalue weighted by molar-refractivity contribution is 7.25. The SMILES string of the molecule is c1ccc(-c2cc3nc(n2)-c2cccc(c2)-c2cccc(c2)N(c2ccc4sc5ccccc5c4c2)c2cccc(c2)-c2cccc-3c2)cc1. The minimum Gasteiger partial charge on any atom is -0.310 e. The van der Waals surface area contributed by atoms with Gasteiger partial charge in [0.25, 0.3) is 0 Å². The Morgan fingerprint density at radius 3 is 1.60 bits per heavy atom. The Kier molecular flexibility index (Phi) is 6.68. The van der Waals surface area contributed by atoms with Gasteiger partial charge in [-0.2, -0.15) is 0 Å². The minimum atomic E-state index is 0.705. The standard InChI is InChI=1S/C46H29N3S/c1-2-10-30(11-3-1)42-29-43-35-16-6-12-31(24-35)33-14-8-18-37(26-33)49(39-22-23-45-41(28-39)40-20-4-5-21-44(40)50-45)38-19-9-15-34(27-38)32-13-7-17-36(25-32)46(47-42)48-43/h1-29H. The Bertz CT molecular complexity index is 2620. The van der Waals surface area contributed by atoms with E-state index in [1.165, 1.54) is 20.2 Å². The second-order valence-corrected chi connectivity index (χ2v) is 13.8. The fourth-order valence-electron chi connectivity index (χ4n) is 7.13. The molecule has 4 heteroatoms. The topological polar surface area (TPSA) is 29.0 Å². The molecule has 2 aromatic heterocycles. The molecule has 0 spiro atoms. The molecule has 0 unspecified atom stereocenters. The van der Waals surface area contributed by atoms with Crippen LogP contribution in [0.1, 0.15) is 0 Å². The first-order chi connectivity index (χ1) is 24.7. The first kappa shape index (κ1) is 28.6. The molecule has 0 saturated heterocycles. The van der Waals surface area contributed by atoms with Crippen LogP contribution in [-0.4, -0.2) is 9.97 Å². The maximum absolute atomic E-state index is 5.17. The van der Waals surface area contributed by atoms with Gasteiger partial charge in [-0.1, -0.05) is 109 Å². The van der Waals surface area contributed by atoms with Gasteiger partial charge < -0.3 is 4.90 Å². The van der Waals surface area contributed by atoms with Gasteiger partial charge in [0.15, 0.2) is 5.82 Å². The van der Waals surface area contributed by atoms with Gasteiger partial charge in [-0.25, -0.2) is 9.97 Å². The van der Waals surface area contributed by atoms with Gasteiger partial charge in [-0.15, -0.1) is 11.3 Å². The van der Waals surface area contributed by atoms with Crippen LogP contribution in [-0.2, 0) is 0 Å². The monoisotopic (exact) mass is 655 g/mol. The first-order valence-electron chi connectivity index (χ1n) is 16.8. The van der Waals surface area contributed by atoms with Crippen molar-refractivity contribution in [1.29, 1.82) is 0 Å². The molecule has 1 aliphatic rings. The number of aromatic nitrogens is 2. The zero-order valence-electron chi connectivity index (χ0n) is 27.0. The molecule has 0 radical (unpaired) electrons. The normalized spacial score (nSPS) is 12.0. The van der Waals surface area contributed by atoms with E-state index < -0.39 is 0 Å². The van der Waals surface area contributed by atoms with Gasteiger partial charge in [-0.3, -0.25) is 0 Å². The van der Waals surface area contributed by atoms with E-state index in [4.69, 9.17) is 9.97 Å². The Hall–Kier alpha value is -6.36. The van der Waals surface area contributed by atoms with Gasteiger partial charge in [0.1, 0.15) is 0 Å².